The van der Waals surface area contributed by atoms with Crippen molar-refractivity contribution < 1.29 is 0 Å². The number of hydrogen-bond acceptors (Lipinski definition) is 1. The topological polar surface area (TPSA) is 12.4 Å². The first kappa shape index (κ1) is 11.0. The van der Waals surface area contributed by atoms with Crippen molar-refractivity contribution in [1.29, 1.82) is 0 Å². The van der Waals surface area contributed by atoms with Gasteiger partial charge in [0.1, 0.15) is 0 Å². The minimum atomic E-state index is 1.04. The van der Waals surface area contributed by atoms with Gasteiger partial charge in [0.25, 0.3) is 0 Å². The molecule has 3 aliphatic rings. The molecule has 0 N–H and O–H groups in total. The number of benzene rings is 2. The Balaban J connectivity index is 1.75. The van der Waals surface area contributed by atoms with Crippen molar-refractivity contribution in [3.63, 3.8) is 0 Å². The smallest absolute Gasteiger partial charge is 0.0795 e. The fourth-order valence-electron chi connectivity index (χ4n) is 3.44. The van der Waals surface area contributed by atoms with Crippen LogP contribution in [0.15, 0.2) is 65.7 Å². The van der Waals surface area contributed by atoms with Gasteiger partial charge in [-0.3, -0.25) is 0 Å². The molecule has 2 aromatic rings. The van der Waals surface area contributed by atoms with Crippen molar-refractivity contribution in [3.8, 4) is 0 Å². The van der Waals surface area contributed by atoms with E-state index in [1.807, 2.05) is 0 Å². The van der Waals surface area contributed by atoms with Crippen LogP contribution in [0.3, 0.4) is 0 Å². The molecule has 1 heterocycles. The SMILES string of the molecule is C1=CC(c2cccc3c2C=C2C3=Nc3ccccc32)=CC1. The Morgan fingerprint density at radius 3 is 2.62 bits per heavy atom. The lowest BCUT2D eigenvalue weighted by molar-refractivity contribution is 1.45. The lowest BCUT2D eigenvalue weighted by Gasteiger charge is -2.07. The predicted octanol–water partition coefficient (Wildman–Crippen LogP) is 5.02. The van der Waals surface area contributed by atoms with Gasteiger partial charge in [0.15, 0.2) is 0 Å². The average molecular weight is 267 g/mol. The number of nitrogens with zero attached hydrogens (tertiary/aromatic N) is 1. The zero-order valence-electron chi connectivity index (χ0n) is 11.5. The minimum absolute atomic E-state index is 1.04. The maximum atomic E-state index is 4.83. The molecule has 0 aromatic heterocycles. The van der Waals surface area contributed by atoms with Gasteiger partial charge in [0.2, 0.25) is 0 Å². The Labute approximate surface area is 123 Å². The first-order valence-corrected chi connectivity index (χ1v) is 7.32. The van der Waals surface area contributed by atoms with Crippen LogP contribution in [0.25, 0.3) is 17.2 Å². The molecular weight excluding hydrogens is 254 g/mol. The third kappa shape index (κ3) is 1.43. The summed E-state index contributed by atoms with van der Waals surface area (Å²) in [6.07, 6.45) is 10.1. The van der Waals surface area contributed by atoms with Crippen LogP contribution in [0.5, 0.6) is 0 Å². The van der Waals surface area contributed by atoms with Crippen LogP contribution >= 0.6 is 0 Å². The van der Waals surface area contributed by atoms with E-state index in [-0.39, 0.29) is 0 Å². The lowest BCUT2D eigenvalue weighted by atomic mass is 9.97. The van der Waals surface area contributed by atoms with Crippen LogP contribution in [-0.4, -0.2) is 5.71 Å². The normalized spacial score (nSPS) is 17.0. The van der Waals surface area contributed by atoms with E-state index in [1.165, 1.54) is 33.4 Å². The van der Waals surface area contributed by atoms with Crippen LogP contribution in [-0.2, 0) is 0 Å². The molecule has 98 valence electrons. The van der Waals surface area contributed by atoms with Crippen molar-refractivity contribution >= 4 is 28.6 Å². The number of hydrogen-bond donors (Lipinski definition) is 0. The van der Waals surface area contributed by atoms with E-state index < -0.39 is 0 Å². The molecule has 2 aliphatic carbocycles. The summed E-state index contributed by atoms with van der Waals surface area (Å²) in [7, 11) is 0. The second-order valence-corrected chi connectivity index (χ2v) is 5.60. The van der Waals surface area contributed by atoms with Crippen molar-refractivity contribution in [1.82, 2.24) is 0 Å². The highest BCUT2D eigenvalue weighted by Gasteiger charge is 2.29. The van der Waals surface area contributed by atoms with E-state index in [1.54, 1.807) is 0 Å². The van der Waals surface area contributed by atoms with Crippen LogP contribution in [0.1, 0.15) is 28.7 Å². The lowest BCUT2D eigenvalue weighted by Crippen LogP contribution is -1.96. The van der Waals surface area contributed by atoms with Gasteiger partial charge in [-0.2, -0.15) is 0 Å². The first-order chi connectivity index (χ1) is 10.4. The zero-order valence-corrected chi connectivity index (χ0v) is 11.5. The average Bonchev–Trinajstić information content (AvgIpc) is 3.22. The molecule has 0 amide bonds. The van der Waals surface area contributed by atoms with Crippen LogP contribution in [0.4, 0.5) is 5.69 Å². The van der Waals surface area contributed by atoms with Crippen LogP contribution in [0.2, 0.25) is 0 Å². The molecule has 1 nitrogen and oxygen atoms in total. The van der Waals surface area contributed by atoms with Gasteiger partial charge < -0.3 is 0 Å². The number of fused-ring (bicyclic) bond motifs is 5. The molecule has 0 unspecified atom stereocenters. The number of rotatable bonds is 1. The standard InChI is InChI=1S/C20H13N/c1-2-7-13(6-1)14-9-5-10-16-17(14)12-18-15-8-3-4-11-19(15)21-20(16)18/h1,3-12H,2H2. The second-order valence-electron chi connectivity index (χ2n) is 5.60. The molecule has 0 spiro atoms. The quantitative estimate of drug-likeness (QED) is 0.688. The molecular formula is C20H13N. The number of aliphatic imine (C=N–C) groups is 1. The molecule has 5 rings (SSSR count). The Hall–Kier alpha value is -2.67. The molecule has 2 aromatic carbocycles. The van der Waals surface area contributed by atoms with Gasteiger partial charge in [0.05, 0.1) is 11.4 Å². The van der Waals surface area contributed by atoms with Crippen molar-refractivity contribution in [2.45, 2.75) is 6.42 Å². The highest BCUT2D eigenvalue weighted by atomic mass is 14.8. The molecule has 0 bridgehead atoms. The monoisotopic (exact) mass is 267 g/mol. The highest BCUT2D eigenvalue weighted by molar-refractivity contribution is 6.43. The van der Waals surface area contributed by atoms with E-state index in [0.717, 1.165) is 17.8 Å². The van der Waals surface area contributed by atoms with E-state index in [0.29, 0.717) is 0 Å². The molecule has 0 saturated carbocycles. The van der Waals surface area contributed by atoms with E-state index in [9.17, 15) is 0 Å². The maximum absolute atomic E-state index is 4.83. The summed E-state index contributed by atoms with van der Waals surface area (Å²) < 4.78 is 0. The van der Waals surface area contributed by atoms with Crippen LogP contribution < -0.4 is 0 Å². The third-order valence-corrected chi connectivity index (χ3v) is 4.41. The van der Waals surface area contributed by atoms with Crippen molar-refractivity contribution in [2.75, 3.05) is 0 Å². The molecule has 1 heteroatoms. The van der Waals surface area contributed by atoms with Crippen LogP contribution in [0, 0.1) is 0 Å². The molecule has 0 radical (unpaired) electrons. The van der Waals surface area contributed by atoms with E-state index in [4.69, 9.17) is 4.99 Å². The largest absolute Gasteiger partial charge is 0.247 e. The fraction of sp³-hybridized carbons (Fsp3) is 0.0500. The summed E-state index contributed by atoms with van der Waals surface area (Å²) >= 11 is 0. The summed E-state index contributed by atoms with van der Waals surface area (Å²) in [6, 6.07) is 14.9. The van der Waals surface area contributed by atoms with Gasteiger partial charge in [0, 0.05) is 16.7 Å². The minimum Gasteiger partial charge on any atom is -0.247 e. The van der Waals surface area contributed by atoms with Crippen molar-refractivity contribution in [2.24, 2.45) is 4.99 Å². The summed E-state index contributed by atoms with van der Waals surface area (Å²) in [5.74, 6) is 0. The summed E-state index contributed by atoms with van der Waals surface area (Å²) in [4.78, 5) is 4.83. The molecule has 0 atom stereocenters. The van der Waals surface area contributed by atoms with Gasteiger partial charge in [-0.25, -0.2) is 4.99 Å². The second kappa shape index (κ2) is 3.92. The molecule has 0 saturated heterocycles. The highest BCUT2D eigenvalue weighted by Crippen LogP contribution is 2.44. The summed E-state index contributed by atoms with van der Waals surface area (Å²) in [6.45, 7) is 0. The van der Waals surface area contributed by atoms with Crippen molar-refractivity contribution in [3.05, 3.63) is 82.9 Å². The summed E-state index contributed by atoms with van der Waals surface area (Å²) in [5.41, 5.74) is 9.99. The number of allylic oxidation sites excluding steroid dienone is 5. The maximum Gasteiger partial charge on any atom is 0.0795 e. The first-order valence-electron chi connectivity index (χ1n) is 7.32. The molecule has 1 aliphatic heterocycles. The van der Waals surface area contributed by atoms with Gasteiger partial charge >= 0.3 is 0 Å². The van der Waals surface area contributed by atoms with E-state index >= 15 is 0 Å². The predicted molar refractivity (Wildman–Crippen MR) is 88.7 cm³/mol. The Morgan fingerprint density at radius 2 is 1.71 bits per heavy atom. The van der Waals surface area contributed by atoms with E-state index in [2.05, 4.69) is 66.8 Å². The third-order valence-electron chi connectivity index (χ3n) is 4.41. The van der Waals surface area contributed by atoms with Gasteiger partial charge in [-0.1, -0.05) is 54.6 Å². The molecule has 21 heavy (non-hydrogen) atoms. The Morgan fingerprint density at radius 1 is 0.857 bits per heavy atom. The fourth-order valence-corrected chi connectivity index (χ4v) is 3.44. The van der Waals surface area contributed by atoms with Gasteiger partial charge in [-0.05, 0) is 35.3 Å². The number of para-hydroxylation sites is 1. The molecule has 0 fully saturated rings. The zero-order chi connectivity index (χ0) is 13.8. The Kier molecular flexibility index (Phi) is 2.06. The van der Waals surface area contributed by atoms with Gasteiger partial charge in [-0.15, -0.1) is 0 Å². The Bertz CT molecular complexity index is 907. The summed E-state index contributed by atoms with van der Waals surface area (Å²) in [5, 5.41) is 0.